The number of ether oxygens (including phenoxy) is 1. The number of hydrogen-bond acceptors (Lipinski definition) is 6. The van der Waals surface area contributed by atoms with Gasteiger partial charge in [0.25, 0.3) is 0 Å². The molecule has 7 nitrogen and oxygen atoms in total. The summed E-state index contributed by atoms with van der Waals surface area (Å²) in [5, 5.41) is 4.42. The Bertz CT molecular complexity index is 1490. The van der Waals surface area contributed by atoms with Crippen LogP contribution in [0.4, 0.5) is 8.78 Å². The lowest BCUT2D eigenvalue weighted by atomic mass is 9.92. The van der Waals surface area contributed by atoms with Crippen LogP contribution in [0.3, 0.4) is 0 Å². The molecule has 2 aliphatic rings. The van der Waals surface area contributed by atoms with Crippen molar-refractivity contribution in [1.82, 2.24) is 29.7 Å². The second kappa shape index (κ2) is 8.16. The number of aryl methyl sites for hydroxylation is 2. The van der Waals surface area contributed by atoms with Crippen LogP contribution in [0.1, 0.15) is 69.3 Å². The molecule has 174 valence electrons. The average molecular weight is 465 g/mol. The molecule has 0 spiro atoms. The monoisotopic (exact) mass is 464 g/mol. The van der Waals surface area contributed by atoms with E-state index in [1.807, 2.05) is 17.8 Å². The van der Waals surface area contributed by atoms with Gasteiger partial charge in [-0.25, -0.2) is 28.7 Å². The molecular weight excluding hydrogens is 438 g/mol. The molecule has 3 aromatic heterocycles. The first-order valence-corrected chi connectivity index (χ1v) is 11.4. The van der Waals surface area contributed by atoms with Gasteiger partial charge in [-0.2, -0.15) is 5.10 Å². The molecule has 1 aliphatic heterocycles. The van der Waals surface area contributed by atoms with Crippen molar-refractivity contribution < 1.29 is 16.3 Å². The van der Waals surface area contributed by atoms with Crippen molar-refractivity contribution in [2.45, 2.75) is 57.6 Å². The average Bonchev–Trinajstić information content (AvgIpc) is 3.55. The summed E-state index contributed by atoms with van der Waals surface area (Å²) in [7, 11) is 0. The van der Waals surface area contributed by atoms with Crippen LogP contribution in [-0.2, 0) is 4.74 Å². The Morgan fingerprint density at radius 2 is 1.88 bits per heavy atom. The van der Waals surface area contributed by atoms with Crippen molar-refractivity contribution in [3.05, 3.63) is 65.0 Å². The third-order valence-electron chi connectivity index (χ3n) is 6.48. The highest BCUT2D eigenvalue weighted by Gasteiger charge is 2.31. The number of nitrogens with zero attached hydrogens (tertiary/aromatic N) is 6. The second-order valence-corrected chi connectivity index (χ2v) is 8.99. The first-order valence-electron chi connectivity index (χ1n) is 12.4. The topological polar surface area (TPSA) is 78.6 Å². The zero-order valence-electron chi connectivity index (χ0n) is 20.8. The van der Waals surface area contributed by atoms with Gasteiger partial charge in [0.15, 0.2) is 5.65 Å². The van der Waals surface area contributed by atoms with Crippen LogP contribution in [0, 0.1) is 25.5 Å². The van der Waals surface area contributed by atoms with Gasteiger partial charge in [-0.15, -0.1) is 0 Å². The van der Waals surface area contributed by atoms with E-state index in [1.54, 1.807) is 13.1 Å². The Balaban J connectivity index is 1.45. The van der Waals surface area contributed by atoms with Gasteiger partial charge in [-0.1, -0.05) is 0 Å². The molecule has 6 rings (SSSR count). The highest BCUT2D eigenvalue weighted by atomic mass is 19.1. The molecular formula is C25H24F2N6O. The van der Waals surface area contributed by atoms with Crippen LogP contribution < -0.4 is 0 Å². The maximum absolute atomic E-state index is 14.9. The van der Waals surface area contributed by atoms with Gasteiger partial charge in [0.05, 0.1) is 32.5 Å². The van der Waals surface area contributed by atoms with Crippen LogP contribution in [0.5, 0.6) is 0 Å². The number of rotatable bonds is 4. The molecule has 1 saturated carbocycles. The first kappa shape index (κ1) is 19.0. The predicted octanol–water partition coefficient (Wildman–Crippen LogP) is 5.15. The summed E-state index contributed by atoms with van der Waals surface area (Å²) >= 11 is 0. The van der Waals surface area contributed by atoms with E-state index in [0.29, 0.717) is 35.2 Å². The van der Waals surface area contributed by atoms with E-state index in [0.717, 1.165) is 24.5 Å². The molecule has 4 heterocycles. The van der Waals surface area contributed by atoms with Crippen LogP contribution in [0.25, 0.3) is 22.4 Å². The van der Waals surface area contributed by atoms with E-state index in [4.69, 9.17) is 7.48 Å². The summed E-state index contributed by atoms with van der Waals surface area (Å²) < 4.78 is 53.0. The molecule has 0 bridgehead atoms. The standard InChI is InChI=1S/C25H24F2N6O/c1-13-14(2)30-25-23(29-13)22(19-6-3-17(26)10-20(19)27)31-24(32-25)15-7-8-34-21(9-15)16-11-28-33(12-16)18-4-5-18/h3,6,10-12,15,18,21H,4-5,7-9H2,1-2H3/t15-,21+/m1/s1/i8D2. The molecule has 0 N–H and O–H groups in total. The summed E-state index contributed by atoms with van der Waals surface area (Å²) in [5.41, 5.74) is 3.00. The zero-order valence-corrected chi connectivity index (χ0v) is 18.8. The summed E-state index contributed by atoms with van der Waals surface area (Å²) in [6, 6.07) is 3.70. The van der Waals surface area contributed by atoms with Gasteiger partial charge in [0, 0.05) is 35.9 Å². The first-order chi connectivity index (χ1) is 17.2. The highest BCUT2D eigenvalue weighted by molar-refractivity contribution is 5.87. The fraction of sp³-hybridized carbons (Fsp3) is 0.400. The minimum Gasteiger partial charge on any atom is -0.373 e. The van der Waals surface area contributed by atoms with E-state index in [-0.39, 0.29) is 23.3 Å². The Morgan fingerprint density at radius 1 is 1.06 bits per heavy atom. The molecule has 0 unspecified atom stereocenters. The second-order valence-electron chi connectivity index (χ2n) is 8.99. The van der Waals surface area contributed by atoms with Gasteiger partial charge in [-0.05, 0) is 51.7 Å². The van der Waals surface area contributed by atoms with Crippen LogP contribution in [0.2, 0.25) is 0 Å². The molecule has 2 fully saturated rings. The Labute approximate surface area is 198 Å². The number of halogens is 2. The Hall–Kier alpha value is -3.33. The Morgan fingerprint density at radius 3 is 2.68 bits per heavy atom. The molecule has 9 heteroatoms. The van der Waals surface area contributed by atoms with E-state index >= 15 is 0 Å². The van der Waals surface area contributed by atoms with E-state index in [9.17, 15) is 8.78 Å². The van der Waals surface area contributed by atoms with E-state index < -0.39 is 30.2 Å². The fourth-order valence-corrected chi connectivity index (χ4v) is 4.28. The van der Waals surface area contributed by atoms with Crippen molar-refractivity contribution in [2.24, 2.45) is 0 Å². The number of fused-ring (bicyclic) bond motifs is 1. The van der Waals surface area contributed by atoms with Crippen LogP contribution in [-0.4, -0.2) is 36.3 Å². The normalized spacial score (nSPS) is 23.1. The summed E-state index contributed by atoms with van der Waals surface area (Å²) in [6.45, 7) is 1.67. The molecule has 1 aliphatic carbocycles. The van der Waals surface area contributed by atoms with Crippen molar-refractivity contribution in [1.29, 1.82) is 0 Å². The lowest BCUT2D eigenvalue weighted by Gasteiger charge is -2.28. The van der Waals surface area contributed by atoms with Gasteiger partial charge < -0.3 is 4.74 Å². The van der Waals surface area contributed by atoms with Crippen LogP contribution in [0.15, 0.2) is 30.6 Å². The quantitative estimate of drug-likeness (QED) is 0.416. The van der Waals surface area contributed by atoms with E-state index in [2.05, 4.69) is 25.0 Å². The van der Waals surface area contributed by atoms with Crippen molar-refractivity contribution in [2.75, 3.05) is 6.56 Å². The lowest BCUT2D eigenvalue weighted by molar-refractivity contribution is 0.00396. The smallest absolute Gasteiger partial charge is 0.182 e. The van der Waals surface area contributed by atoms with E-state index in [1.165, 1.54) is 12.1 Å². The minimum atomic E-state index is -1.93. The summed E-state index contributed by atoms with van der Waals surface area (Å²) in [4.78, 5) is 18.4. The molecule has 1 saturated heterocycles. The molecule has 2 atom stereocenters. The number of benzene rings is 1. The van der Waals surface area contributed by atoms with Crippen molar-refractivity contribution >= 4 is 11.2 Å². The van der Waals surface area contributed by atoms with Crippen molar-refractivity contribution in [3.63, 3.8) is 0 Å². The number of aromatic nitrogens is 6. The lowest BCUT2D eigenvalue weighted by Crippen LogP contribution is -2.20. The van der Waals surface area contributed by atoms with Gasteiger partial charge in [-0.3, -0.25) is 4.68 Å². The predicted molar refractivity (Wildman–Crippen MR) is 121 cm³/mol. The zero-order chi connectivity index (χ0) is 25.2. The molecule has 1 aromatic carbocycles. The molecule has 0 amide bonds. The third kappa shape index (κ3) is 3.83. The maximum Gasteiger partial charge on any atom is 0.182 e. The van der Waals surface area contributed by atoms with Crippen molar-refractivity contribution in [3.8, 4) is 11.3 Å². The maximum atomic E-state index is 14.9. The SMILES string of the molecule is [2H]C1([2H])C[C@@H](c2nc(-c3ccc(F)cc3F)c3nc(C)c(C)nc3n2)C[C@@H](c2cnn(C3CC3)c2)O1. The van der Waals surface area contributed by atoms with Gasteiger partial charge in [0.1, 0.15) is 28.7 Å². The Kier molecular flexibility index (Phi) is 4.57. The fourth-order valence-electron chi connectivity index (χ4n) is 4.28. The van der Waals surface area contributed by atoms with Crippen LogP contribution >= 0.6 is 0 Å². The third-order valence-corrected chi connectivity index (χ3v) is 6.48. The minimum absolute atomic E-state index is 0.0232. The van der Waals surface area contributed by atoms with Gasteiger partial charge >= 0.3 is 0 Å². The summed E-state index contributed by atoms with van der Waals surface area (Å²) in [5.74, 6) is -1.57. The summed E-state index contributed by atoms with van der Waals surface area (Å²) in [6.07, 6.45) is 5.72. The molecule has 34 heavy (non-hydrogen) atoms. The molecule has 4 aromatic rings. The van der Waals surface area contributed by atoms with Gasteiger partial charge in [0.2, 0.25) is 0 Å². The largest absolute Gasteiger partial charge is 0.373 e. The highest BCUT2D eigenvalue weighted by Crippen LogP contribution is 2.40. The molecule has 0 radical (unpaired) electrons. The number of hydrogen-bond donors (Lipinski definition) is 0.